The van der Waals surface area contributed by atoms with Gasteiger partial charge in [0.25, 0.3) is 6.43 Å². The van der Waals surface area contributed by atoms with E-state index in [0.717, 1.165) is 0 Å². The predicted octanol–water partition coefficient (Wildman–Crippen LogP) is 5.09. The highest BCUT2D eigenvalue weighted by Gasteiger charge is 2.21. The van der Waals surface area contributed by atoms with E-state index in [-0.39, 0.29) is 25.0 Å². The molecule has 0 aliphatic carbocycles. The van der Waals surface area contributed by atoms with Gasteiger partial charge in [0, 0.05) is 18.4 Å². The normalized spacial score (nSPS) is 12.8. The van der Waals surface area contributed by atoms with E-state index in [9.17, 15) is 18.3 Å². The Bertz CT molecular complexity index is 1310. The molecule has 0 fully saturated rings. The highest BCUT2D eigenvalue weighted by molar-refractivity contribution is 5.85. The average Bonchev–Trinajstić information content (AvgIpc) is 2.88. The van der Waals surface area contributed by atoms with Crippen LogP contribution in [0, 0.1) is 12.7 Å². The van der Waals surface area contributed by atoms with E-state index in [4.69, 9.17) is 15.2 Å². The predicted molar refractivity (Wildman–Crippen MR) is 140 cm³/mol. The number of allylic oxidation sites excluding steroid dienone is 2. The first kappa shape index (κ1) is 28.5. The summed E-state index contributed by atoms with van der Waals surface area (Å²) in [5, 5.41) is 9.95. The van der Waals surface area contributed by atoms with Crippen LogP contribution < -0.4 is 10.5 Å². The first-order chi connectivity index (χ1) is 18.2. The van der Waals surface area contributed by atoms with Crippen molar-refractivity contribution in [3.63, 3.8) is 0 Å². The summed E-state index contributed by atoms with van der Waals surface area (Å²) in [6, 6.07) is 8.38. The number of pyridine rings is 1. The lowest BCUT2D eigenvalue weighted by Crippen LogP contribution is -2.15. The molecule has 0 aliphatic heterocycles. The summed E-state index contributed by atoms with van der Waals surface area (Å²) in [5.74, 6) is -0.468. The van der Waals surface area contributed by atoms with Crippen LogP contribution in [0.15, 0.2) is 65.3 Å². The number of methoxy groups -OCH3 is 1. The molecule has 2 heterocycles. The van der Waals surface area contributed by atoms with Crippen molar-refractivity contribution in [1.29, 1.82) is 0 Å². The van der Waals surface area contributed by atoms with Gasteiger partial charge in [0.05, 0.1) is 30.2 Å². The van der Waals surface area contributed by atoms with E-state index in [1.807, 2.05) is 0 Å². The zero-order valence-corrected chi connectivity index (χ0v) is 20.9. The van der Waals surface area contributed by atoms with Crippen LogP contribution in [0.1, 0.15) is 24.2 Å². The number of hydrogen-bond acceptors (Lipinski definition) is 8. The van der Waals surface area contributed by atoms with Crippen molar-refractivity contribution in [3.05, 3.63) is 77.5 Å². The van der Waals surface area contributed by atoms with Crippen molar-refractivity contribution in [1.82, 2.24) is 15.0 Å². The summed E-state index contributed by atoms with van der Waals surface area (Å²) in [6.45, 7) is 5.27. The monoisotopic (exact) mass is 527 g/mol. The lowest BCUT2D eigenvalue weighted by molar-refractivity contribution is 0.0859. The third-order valence-electron chi connectivity index (χ3n) is 5.27. The Kier molecular flexibility index (Phi) is 10.1. The fourth-order valence-electron chi connectivity index (χ4n) is 3.59. The highest BCUT2D eigenvalue weighted by atomic mass is 19.3. The molecule has 3 aromatic rings. The van der Waals surface area contributed by atoms with Crippen molar-refractivity contribution in [2.24, 2.45) is 4.99 Å². The van der Waals surface area contributed by atoms with Gasteiger partial charge < -0.3 is 20.3 Å². The standard InChI is InChI=1S/C27H28F3N5O3/c1-16-13-18(14-21(33-16)25(29)30)23-24(17-8-10-19(28)11-9-17)34-27(31)35-26(23)38-12-6-4-5-7-20(32-2)22(36)15-37-3/h4-5,7-11,13-14,22,25,36H,2,6,12,15H2,1,3H3,(H2,31,34,35)/b5-4-,20-7-. The summed E-state index contributed by atoms with van der Waals surface area (Å²) < 4.78 is 51.5. The van der Waals surface area contributed by atoms with Crippen molar-refractivity contribution in [3.8, 4) is 28.3 Å². The van der Waals surface area contributed by atoms with Crippen LogP contribution >= 0.6 is 0 Å². The molecule has 1 aromatic carbocycles. The van der Waals surface area contributed by atoms with Crippen LogP contribution in [-0.2, 0) is 4.74 Å². The van der Waals surface area contributed by atoms with Crippen LogP contribution in [0.3, 0.4) is 0 Å². The molecule has 0 aliphatic rings. The third-order valence-corrected chi connectivity index (χ3v) is 5.27. The van der Waals surface area contributed by atoms with Crippen LogP contribution in [0.5, 0.6) is 5.88 Å². The summed E-state index contributed by atoms with van der Waals surface area (Å²) in [6.07, 6.45) is 1.79. The molecule has 0 spiro atoms. The number of hydrogen-bond donors (Lipinski definition) is 2. The first-order valence-electron chi connectivity index (χ1n) is 11.6. The molecule has 1 unspecified atom stereocenters. The second kappa shape index (κ2) is 13.5. The summed E-state index contributed by atoms with van der Waals surface area (Å²) >= 11 is 0. The highest BCUT2D eigenvalue weighted by Crippen LogP contribution is 2.39. The molecule has 38 heavy (non-hydrogen) atoms. The molecular formula is C27H28F3N5O3. The van der Waals surface area contributed by atoms with Gasteiger partial charge in [0.15, 0.2) is 0 Å². The second-order valence-electron chi connectivity index (χ2n) is 8.13. The Morgan fingerprint density at radius 2 is 1.89 bits per heavy atom. The topological polar surface area (TPSA) is 116 Å². The smallest absolute Gasteiger partial charge is 0.280 e. The number of rotatable bonds is 12. The minimum absolute atomic E-state index is 0.0792. The van der Waals surface area contributed by atoms with Crippen LogP contribution in [0.25, 0.3) is 22.4 Å². The van der Waals surface area contributed by atoms with Crippen molar-refractivity contribution < 1.29 is 27.8 Å². The number of nitrogens with two attached hydrogens (primary N) is 1. The minimum Gasteiger partial charge on any atom is -0.477 e. The maximum absolute atomic E-state index is 13.6. The first-order valence-corrected chi connectivity index (χ1v) is 11.6. The van der Waals surface area contributed by atoms with Crippen LogP contribution in [-0.4, -0.2) is 53.2 Å². The molecule has 0 saturated carbocycles. The van der Waals surface area contributed by atoms with Crippen molar-refractivity contribution in [2.75, 3.05) is 26.1 Å². The van der Waals surface area contributed by atoms with Gasteiger partial charge in [-0.1, -0.05) is 12.2 Å². The zero-order valence-electron chi connectivity index (χ0n) is 20.9. The molecule has 200 valence electrons. The van der Waals surface area contributed by atoms with E-state index >= 15 is 0 Å². The lowest BCUT2D eigenvalue weighted by atomic mass is 9.99. The Morgan fingerprint density at radius 3 is 2.55 bits per heavy atom. The number of benzene rings is 1. The van der Waals surface area contributed by atoms with Gasteiger partial charge in [0.2, 0.25) is 11.8 Å². The Hall–Kier alpha value is -4.09. The number of ether oxygens (including phenoxy) is 2. The number of alkyl halides is 2. The SMILES string of the molecule is C=N/C(=C\C=C/CCOc1nc(N)nc(-c2ccc(F)cc2)c1-c1cc(C)nc(C(F)F)c1)C(O)COC. The molecule has 0 radical (unpaired) electrons. The lowest BCUT2D eigenvalue weighted by Gasteiger charge is -2.16. The number of aromatic nitrogens is 3. The fraction of sp³-hybridized carbons (Fsp3) is 0.259. The van der Waals surface area contributed by atoms with E-state index in [2.05, 4.69) is 26.7 Å². The molecule has 1 atom stereocenters. The Labute approximate surface area is 218 Å². The summed E-state index contributed by atoms with van der Waals surface area (Å²) in [4.78, 5) is 16.2. The van der Waals surface area contributed by atoms with Crippen molar-refractivity contribution >= 4 is 12.7 Å². The maximum Gasteiger partial charge on any atom is 0.280 e. The number of nitrogens with zero attached hydrogens (tertiary/aromatic N) is 4. The Balaban J connectivity index is 1.95. The largest absolute Gasteiger partial charge is 0.477 e. The number of nitrogen functional groups attached to an aromatic ring is 1. The van der Waals surface area contributed by atoms with E-state index < -0.39 is 24.0 Å². The fourth-order valence-corrected chi connectivity index (χ4v) is 3.59. The number of aliphatic hydroxyl groups excluding tert-OH is 1. The molecule has 8 nitrogen and oxygen atoms in total. The molecule has 2 aromatic heterocycles. The molecule has 0 amide bonds. The number of aliphatic hydroxyl groups is 1. The van der Waals surface area contributed by atoms with Gasteiger partial charge in [-0.2, -0.15) is 4.98 Å². The average molecular weight is 528 g/mol. The van der Waals surface area contributed by atoms with Gasteiger partial charge >= 0.3 is 0 Å². The van der Waals surface area contributed by atoms with Crippen molar-refractivity contribution in [2.45, 2.75) is 25.9 Å². The molecular weight excluding hydrogens is 499 g/mol. The van der Waals surface area contributed by atoms with E-state index in [0.29, 0.717) is 40.2 Å². The summed E-state index contributed by atoms with van der Waals surface area (Å²) in [7, 11) is 1.47. The van der Waals surface area contributed by atoms with Gasteiger partial charge in [-0.3, -0.25) is 9.98 Å². The van der Waals surface area contributed by atoms with Crippen LogP contribution in [0.2, 0.25) is 0 Å². The second-order valence-corrected chi connectivity index (χ2v) is 8.13. The number of halogens is 3. The molecule has 0 saturated heterocycles. The quantitative estimate of drug-likeness (QED) is 0.191. The number of anilines is 1. The van der Waals surface area contributed by atoms with Gasteiger partial charge in [-0.25, -0.2) is 18.2 Å². The number of aryl methyl sites for hydroxylation is 1. The Morgan fingerprint density at radius 1 is 1.16 bits per heavy atom. The minimum atomic E-state index is -2.79. The van der Waals surface area contributed by atoms with E-state index in [1.165, 1.54) is 37.4 Å². The van der Waals surface area contributed by atoms with Crippen LogP contribution in [0.4, 0.5) is 19.1 Å². The number of aliphatic imine (C=N–C) groups is 1. The van der Waals surface area contributed by atoms with Gasteiger partial charge in [-0.15, -0.1) is 0 Å². The zero-order chi connectivity index (χ0) is 27.7. The summed E-state index contributed by atoms with van der Waals surface area (Å²) in [5.41, 5.74) is 7.73. The molecule has 3 N–H and O–H groups in total. The molecule has 0 bridgehead atoms. The third kappa shape index (κ3) is 7.46. The molecule has 3 rings (SSSR count). The van der Waals surface area contributed by atoms with Gasteiger partial charge in [-0.05, 0) is 68.1 Å². The van der Waals surface area contributed by atoms with E-state index in [1.54, 1.807) is 31.2 Å². The van der Waals surface area contributed by atoms with Gasteiger partial charge in [0.1, 0.15) is 17.6 Å². The maximum atomic E-state index is 13.6. The molecule has 11 heteroatoms.